The lowest BCUT2D eigenvalue weighted by atomic mass is 10.1. The lowest BCUT2D eigenvalue weighted by Crippen LogP contribution is -2.33. The van der Waals surface area contributed by atoms with Crippen LogP contribution in [0, 0.1) is 0 Å². The zero-order valence-corrected chi connectivity index (χ0v) is 19.1. The van der Waals surface area contributed by atoms with Gasteiger partial charge in [0, 0.05) is 25.4 Å². The average Bonchev–Trinajstić information content (AvgIpc) is 3.33. The van der Waals surface area contributed by atoms with E-state index in [1.54, 1.807) is 0 Å². The minimum Gasteiger partial charge on any atom is -0.491 e. The first-order valence-electron chi connectivity index (χ1n) is 10.8. The molecule has 164 valence electrons. The van der Waals surface area contributed by atoms with E-state index in [1.165, 1.54) is 16.0 Å². The van der Waals surface area contributed by atoms with Crippen molar-refractivity contribution in [3.05, 3.63) is 62.6 Å². The average molecular weight is 461 g/mol. The summed E-state index contributed by atoms with van der Waals surface area (Å²) in [5.41, 5.74) is 4.68. The van der Waals surface area contributed by atoms with Gasteiger partial charge in [-0.1, -0.05) is 48.3 Å². The summed E-state index contributed by atoms with van der Waals surface area (Å²) in [6, 6.07) is 10.4. The summed E-state index contributed by atoms with van der Waals surface area (Å²) in [6.45, 7) is 3.45. The number of nitrogens with one attached hydrogen (secondary N) is 1. The topological polar surface area (TPSA) is 58.6 Å². The zero-order chi connectivity index (χ0) is 22.0. The number of nitrogens with zero attached hydrogens (tertiary/aromatic N) is 1. The predicted octanol–water partition coefficient (Wildman–Crippen LogP) is 4.86. The standard InChI is InChI=1S/C24H26Cl2N2O3/c1-2-16-13-15(3-8-21(16)31-12-11-28-22(29)9-10-23(28)30)14-27-20-7-5-18-17(20)4-6-19(25)24(18)26/h3-4,6,8,13,20,27H,2,5,7,9-12,14H2,1H3/t20-/m0/s1. The summed E-state index contributed by atoms with van der Waals surface area (Å²) in [4.78, 5) is 24.7. The highest BCUT2D eigenvalue weighted by Crippen LogP contribution is 2.39. The van der Waals surface area contributed by atoms with Crippen LogP contribution >= 0.6 is 23.2 Å². The van der Waals surface area contributed by atoms with Crippen LogP contribution in [0.4, 0.5) is 0 Å². The van der Waals surface area contributed by atoms with Crippen molar-refractivity contribution in [2.24, 2.45) is 0 Å². The first kappa shape index (κ1) is 22.1. The maximum absolute atomic E-state index is 11.7. The fourth-order valence-electron chi connectivity index (χ4n) is 4.36. The number of carbonyl (C=O) groups excluding carboxylic acids is 2. The third-order valence-electron chi connectivity index (χ3n) is 6.08. The Morgan fingerprint density at radius 2 is 1.87 bits per heavy atom. The fraction of sp³-hybridized carbons (Fsp3) is 0.417. The van der Waals surface area contributed by atoms with Crippen LogP contribution in [0.5, 0.6) is 5.75 Å². The van der Waals surface area contributed by atoms with Gasteiger partial charge in [-0.25, -0.2) is 0 Å². The number of benzene rings is 2. The van der Waals surface area contributed by atoms with E-state index >= 15 is 0 Å². The van der Waals surface area contributed by atoms with E-state index in [1.807, 2.05) is 12.1 Å². The molecule has 0 aromatic heterocycles. The van der Waals surface area contributed by atoms with E-state index in [-0.39, 0.29) is 17.9 Å². The van der Waals surface area contributed by atoms with Crippen molar-refractivity contribution in [2.45, 2.75) is 51.6 Å². The van der Waals surface area contributed by atoms with Crippen molar-refractivity contribution < 1.29 is 14.3 Å². The van der Waals surface area contributed by atoms with Gasteiger partial charge in [-0.05, 0) is 53.6 Å². The number of aryl methyl sites for hydroxylation is 1. The van der Waals surface area contributed by atoms with E-state index in [0.717, 1.165) is 42.7 Å². The highest BCUT2D eigenvalue weighted by Gasteiger charge is 2.28. The van der Waals surface area contributed by atoms with Crippen LogP contribution in [0.2, 0.25) is 10.0 Å². The molecule has 1 fully saturated rings. The number of ether oxygens (including phenoxy) is 1. The van der Waals surface area contributed by atoms with Crippen molar-refractivity contribution in [2.75, 3.05) is 13.2 Å². The first-order chi connectivity index (χ1) is 15.0. The Labute approximate surface area is 192 Å². The number of amides is 2. The Morgan fingerprint density at radius 3 is 2.61 bits per heavy atom. The number of likely N-dealkylation sites (tertiary alicyclic amines) is 1. The monoisotopic (exact) mass is 460 g/mol. The van der Waals surface area contributed by atoms with E-state index in [0.29, 0.717) is 36.0 Å². The second-order valence-corrected chi connectivity index (χ2v) is 8.77. The van der Waals surface area contributed by atoms with Crippen molar-refractivity contribution in [3.8, 4) is 5.75 Å². The molecule has 0 spiro atoms. The molecule has 0 saturated carbocycles. The van der Waals surface area contributed by atoms with Gasteiger partial charge in [-0.3, -0.25) is 14.5 Å². The van der Waals surface area contributed by atoms with Crippen LogP contribution < -0.4 is 10.1 Å². The van der Waals surface area contributed by atoms with Crippen molar-refractivity contribution in [1.29, 1.82) is 0 Å². The van der Waals surface area contributed by atoms with Gasteiger partial charge in [0.2, 0.25) is 11.8 Å². The van der Waals surface area contributed by atoms with Crippen molar-refractivity contribution in [1.82, 2.24) is 10.2 Å². The molecular weight excluding hydrogens is 435 g/mol. The lowest BCUT2D eigenvalue weighted by Gasteiger charge is -2.18. The van der Waals surface area contributed by atoms with E-state index in [2.05, 4.69) is 30.4 Å². The van der Waals surface area contributed by atoms with Crippen LogP contribution in [0.25, 0.3) is 0 Å². The van der Waals surface area contributed by atoms with E-state index in [4.69, 9.17) is 27.9 Å². The van der Waals surface area contributed by atoms with Gasteiger partial charge in [-0.15, -0.1) is 0 Å². The van der Waals surface area contributed by atoms with Crippen molar-refractivity contribution in [3.63, 3.8) is 0 Å². The second kappa shape index (κ2) is 9.60. The van der Waals surface area contributed by atoms with Gasteiger partial charge in [0.05, 0.1) is 16.6 Å². The molecule has 1 saturated heterocycles. The molecule has 4 rings (SSSR count). The summed E-state index contributed by atoms with van der Waals surface area (Å²) in [6.07, 6.45) is 3.40. The Kier molecular flexibility index (Phi) is 6.85. The third-order valence-corrected chi connectivity index (χ3v) is 6.92. The maximum atomic E-state index is 11.7. The van der Waals surface area contributed by atoms with Gasteiger partial charge < -0.3 is 10.1 Å². The van der Waals surface area contributed by atoms with Crippen LogP contribution in [-0.2, 0) is 29.0 Å². The Morgan fingerprint density at radius 1 is 1.10 bits per heavy atom. The van der Waals surface area contributed by atoms with Gasteiger partial charge >= 0.3 is 0 Å². The lowest BCUT2D eigenvalue weighted by molar-refractivity contribution is -0.138. The van der Waals surface area contributed by atoms with E-state index < -0.39 is 0 Å². The number of fused-ring (bicyclic) bond motifs is 1. The number of rotatable bonds is 8. The number of halogens is 2. The molecule has 1 heterocycles. The zero-order valence-electron chi connectivity index (χ0n) is 17.5. The van der Waals surface area contributed by atoms with Gasteiger partial charge in [0.25, 0.3) is 0 Å². The quantitative estimate of drug-likeness (QED) is 0.571. The summed E-state index contributed by atoms with van der Waals surface area (Å²) in [5, 5.41) is 4.93. The second-order valence-electron chi connectivity index (χ2n) is 7.98. The molecule has 1 N–H and O–H groups in total. The number of hydrogen-bond donors (Lipinski definition) is 1. The van der Waals surface area contributed by atoms with Crippen LogP contribution in [0.3, 0.4) is 0 Å². The summed E-state index contributed by atoms with van der Waals surface area (Å²) in [7, 11) is 0. The Bertz CT molecular complexity index is 993. The molecule has 2 aromatic rings. The first-order valence-corrected chi connectivity index (χ1v) is 11.5. The fourth-order valence-corrected chi connectivity index (χ4v) is 4.81. The van der Waals surface area contributed by atoms with Crippen LogP contribution in [0.1, 0.15) is 54.5 Å². The minimum atomic E-state index is -0.109. The maximum Gasteiger partial charge on any atom is 0.229 e. The Hall–Kier alpha value is -2.08. The molecular formula is C24H26Cl2N2O3. The molecule has 0 bridgehead atoms. The number of hydrogen-bond acceptors (Lipinski definition) is 4. The largest absolute Gasteiger partial charge is 0.491 e. The number of imide groups is 1. The molecule has 1 atom stereocenters. The molecule has 0 unspecified atom stereocenters. The molecule has 1 aliphatic carbocycles. The van der Waals surface area contributed by atoms with Crippen LogP contribution in [0.15, 0.2) is 30.3 Å². The highest BCUT2D eigenvalue weighted by molar-refractivity contribution is 6.42. The Balaban J connectivity index is 1.35. The number of carbonyl (C=O) groups is 2. The predicted molar refractivity (Wildman–Crippen MR) is 122 cm³/mol. The van der Waals surface area contributed by atoms with Crippen LogP contribution in [-0.4, -0.2) is 29.9 Å². The van der Waals surface area contributed by atoms with E-state index in [9.17, 15) is 9.59 Å². The summed E-state index contributed by atoms with van der Waals surface area (Å²) < 4.78 is 5.90. The molecule has 2 amide bonds. The third kappa shape index (κ3) is 4.74. The molecule has 2 aliphatic rings. The minimum absolute atomic E-state index is 0.109. The smallest absolute Gasteiger partial charge is 0.229 e. The van der Waals surface area contributed by atoms with Gasteiger partial charge in [0.1, 0.15) is 12.4 Å². The summed E-state index contributed by atoms with van der Waals surface area (Å²) in [5.74, 6) is 0.587. The van der Waals surface area contributed by atoms with Gasteiger partial charge in [0.15, 0.2) is 0 Å². The molecule has 7 heteroatoms. The SMILES string of the molecule is CCc1cc(CN[C@H]2CCc3c2ccc(Cl)c3Cl)ccc1OCCN1C(=O)CCC1=O. The molecule has 31 heavy (non-hydrogen) atoms. The molecule has 0 radical (unpaired) electrons. The molecule has 2 aromatic carbocycles. The highest BCUT2D eigenvalue weighted by atomic mass is 35.5. The normalized spacial score (nSPS) is 18.0. The van der Waals surface area contributed by atoms with Crippen molar-refractivity contribution >= 4 is 35.0 Å². The van der Waals surface area contributed by atoms with Gasteiger partial charge in [-0.2, -0.15) is 0 Å². The summed E-state index contributed by atoms with van der Waals surface area (Å²) >= 11 is 12.5. The molecule has 1 aliphatic heterocycles. The molecule has 5 nitrogen and oxygen atoms in total.